The molecule has 1 aromatic carbocycles. The monoisotopic (exact) mass is 464 g/mol. The van der Waals surface area contributed by atoms with Crippen LogP contribution in [0.3, 0.4) is 0 Å². The van der Waals surface area contributed by atoms with Gasteiger partial charge in [0, 0.05) is 11.7 Å². The summed E-state index contributed by atoms with van der Waals surface area (Å²) in [6.07, 6.45) is 8.88. The van der Waals surface area contributed by atoms with E-state index in [9.17, 15) is 9.90 Å². The van der Waals surface area contributed by atoms with Crippen molar-refractivity contribution in [3.05, 3.63) is 28.8 Å². The van der Waals surface area contributed by atoms with E-state index in [4.69, 9.17) is 4.74 Å². The molecule has 1 unspecified atom stereocenters. The quantitative estimate of drug-likeness (QED) is 0.238. The number of hydrogen-bond donors (Lipinski definition) is 1. The third kappa shape index (κ3) is 10.6. The number of ether oxygens (including phenoxy) is 1. The Morgan fingerprint density at radius 3 is 2.03 bits per heavy atom. The van der Waals surface area contributed by atoms with E-state index in [2.05, 4.69) is 67.5 Å². The number of thioether (sulfide) groups is 1. The number of unbranched alkanes of at least 4 members (excludes halogenated alkanes) is 5. The number of phenols is 1. The molecule has 3 nitrogen and oxygen atoms in total. The van der Waals surface area contributed by atoms with Gasteiger partial charge in [-0.25, -0.2) is 0 Å². The van der Waals surface area contributed by atoms with Crippen molar-refractivity contribution in [2.45, 2.75) is 123 Å². The molecule has 32 heavy (non-hydrogen) atoms. The average molecular weight is 465 g/mol. The Balaban J connectivity index is 2.52. The van der Waals surface area contributed by atoms with Crippen molar-refractivity contribution >= 4 is 17.7 Å². The van der Waals surface area contributed by atoms with E-state index < -0.39 is 0 Å². The van der Waals surface area contributed by atoms with Crippen LogP contribution in [0.5, 0.6) is 5.75 Å². The van der Waals surface area contributed by atoms with Crippen molar-refractivity contribution in [3.63, 3.8) is 0 Å². The molecule has 0 aliphatic rings. The Kier molecular flexibility index (Phi) is 12.2. The summed E-state index contributed by atoms with van der Waals surface area (Å²) in [4.78, 5) is 12.3. The highest BCUT2D eigenvalue weighted by Crippen LogP contribution is 2.40. The number of phenolic OH excluding ortho intramolecular Hbond substituents is 1. The first-order valence-electron chi connectivity index (χ1n) is 12.5. The predicted molar refractivity (Wildman–Crippen MR) is 140 cm³/mol. The molecule has 184 valence electrons. The van der Waals surface area contributed by atoms with Gasteiger partial charge in [0.1, 0.15) is 12.4 Å². The van der Waals surface area contributed by atoms with Gasteiger partial charge in [0.2, 0.25) is 0 Å². The smallest absolute Gasteiger partial charge is 0.306 e. The van der Waals surface area contributed by atoms with Crippen LogP contribution in [0.1, 0.15) is 117 Å². The molecule has 0 radical (unpaired) electrons. The fourth-order valence-electron chi connectivity index (χ4n) is 3.73. The topological polar surface area (TPSA) is 46.5 Å². The van der Waals surface area contributed by atoms with Crippen molar-refractivity contribution in [2.24, 2.45) is 0 Å². The summed E-state index contributed by atoms with van der Waals surface area (Å²) >= 11 is 1.90. The van der Waals surface area contributed by atoms with Gasteiger partial charge in [-0.15, -0.1) is 0 Å². The molecule has 0 saturated carbocycles. The molecule has 1 rings (SSSR count). The lowest BCUT2D eigenvalue weighted by atomic mass is 9.78. The summed E-state index contributed by atoms with van der Waals surface area (Å²) in [6, 6.07) is 4.10. The number of rotatable bonds is 13. The number of carbonyl (C=O) groups excluding carboxylic acids is 1. The summed E-state index contributed by atoms with van der Waals surface area (Å²) in [7, 11) is 0. The second-order valence-electron chi connectivity index (χ2n) is 11.2. The number of hydrogen-bond acceptors (Lipinski definition) is 4. The van der Waals surface area contributed by atoms with E-state index in [1.54, 1.807) is 0 Å². The number of benzene rings is 1. The molecule has 1 aromatic rings. The maximum absolute atomic E-state index is 12.3. The molecule has 0 saturated heterocycles. The van der Waals surface area contributed by atoms with Crippen LogP contribution in [-0.4, -0.2) is 28.7 Å². The zero-order valence-electron chi connectivity index (χ0n) is 22.0. The van der Waals surface area contributed by atoms with Gasteiger partial charge in [-0.2, -0.15) is 11.8 Å². The van der Waals surface area contributed by atoms with Crippen molar-refractivity contribution in [1.82, 2.24) is 0 Å². The minimum Gasteiger partial charge on any atom is -0.507 e. The molecule has 4 heteroatoms. The Morgan fingerprint density at radius 1 is 0.969 bits per heavy atom. The minimum absolute atomic E-state index is 0.139. The minimum atomic E-state index is -0.163. The molecule has 0 spiro atoms. The lowest BCUT2D eigenvalue weighted by molar-refractivity contribution is -0.143. The van der Waals surface area contributed by atoms with Gasteiger partial charge in [0.15, 0.2) is 0 Å². The highest BCUT2D eigenvalue weighted by Gasteiger charge is 2.26. The largest absolute Gasteiger partial charge is 0.507 e. The van der Waals surface area contributed by atoms with Crippen LogP contribution in [0.2, 0.25) is 0 Å². The van der Waals surface area contributed by atoms with Crippen LogP contribution in [0, 0.1) is 0 Å². The zero-order valence-corrected chi connectivity index (χ0v) is 22.8. The molecule has 0 aromatic heterocycles. The van der Waals surface area contributed by atoms with Gasteiger partial charge in [-0.3, -0.25) is 4.79 Å². The fourth-order valence-corrected chi connectivity index (χ4v) is 4.66. The summed E-state index contributed by atoms with van der Waals surface area (Å²) in [5.41, 5.74) is 2.63. The van der Waals surface area contributed by atoms with Crippen molar-refractivity contribution in [1.29, 1.82) is 0 Å². The number of aryl methyl sites for hydroxylation is 1. The third-order valence-corrected chi connectivity index (χ3v) is 7.01. The second-order valence-corrected chi connectivity index (χ2v) is 12.7. The van der Waals surface area contributed by atoms with Crippen LogP contribution < -0.4 is 0 Å². The Labute approximate surface area is 202 Å². The molecular weight excluding hydrogens is 416 g/mol. The van der Waals surface area contributed by atoms with Crippen LogP contribution in [-0.2, 0) is 26.8 Å². The maximum Gasteiger partial charge on any atom is 0.306 e. The highest BCUT2D eigenvalue weighted by atomic mass is 32.2. The predicted octanol–water partition coefficient (Wildman–Crippen LogP) is 7.95. The van der Waals surface area contributed by atoms with E-state index in [1.165, 1.54) is 38.5 Å². The number of carbonyl (C=O) groups is 1. The van der Waals surface area contributed by atoms with E-state index >= 15 is 0 Å². The van der Waals surface area contributed by atoms with Gasteiger partial charge in [-0.1, -0.05) is 92.7 Å². The molecule has 1 N–H and O–H groups in total. The molecule has 0 bridgehead atoms. The standard InChI is InChI=1S/C28H48O3S/c1-9-10-11-12-13-14-17-32-21(2)20-31-25(29)16-15-22-18-23(27(3,4)5)26(30)24(19-22)28(6,7)8/h18-19,21,30H,9-17,20H2,1-8H3. The Hall–Kier alpha value is -1.16. The van der Waals surface area contributed by atoms with Gasteiger partial charge < -0.3 is 9.84 Å². The second kappa shape index (κ2) is 13.5. The molecular formula is C28H48O3S. The van der Waals surface area contributed by atoms with Crippen molar-refractivity contribution < 1.29 is 14.6 Å². The van der Waals surface area contributed by atoms with E-state index in [0.717, 1.165) is 22.4 Å². The van der Waals surface area contributed by atoms with E-state index in [1.807, 2.05) is 11.8 Å². The molecule has 0 aliphatic carbocycles. The van der Waals surface area contributed by atoms with Gasteiger partial charge in [0.25, 0.3) is 0 Å². The Bertz CT molecular complexity index is 663. The van der Waals surface area contributed by atoms with Crippen LogP contribution >= 0.6 is 11.8 Å². The van der Waals surface area contributed by atoms with E-state index in [-0.39, 0.29) is 16.8 Å². The summed E-state index contributed by atoms with van der Waals surface area (Å²) in [6.45, 7) is 17.5. The lowest BCUT2D eigenvalue weighted by Crippen LogP contribution is -2.18. The number of esters is 1. The SMILES string of the molecule is CCCCCCCCSC(C)COC(=O)CCc1cc(C(C)(C)C)c(O)c(C(C)(C)C)c1. The maximum atomic E-state index is 12.3. The van der Waals surface area contributed by atoms with Gasteiger partial charge in [0.05, 0.1) is 0 Å². The number of aromatic hydroxyl groups is 1. The highest BCUT2D eigenvalue weighted by molar-refractivity contribution is 7.99. The van der Waals surface area contributed by atoms with Crippen LogP contribution in [0.4, 0.5) is 0 Å². The van der Waals surface area contributed by atoms with Gasteiger partial charge in [-0.05, 0) is 53.0 Å². The molecule has 1 atom stereocenters. The average Bonchev–Trinajstić information content (AvgIpc) is 2.69. The van der Waals surface area contributed by atoms with Crippen molar-refractivity contribution in [3.8, 4) is 5.75 Å². The molecule has 0 fully saturated rings. The Morgan fingerprint density at radius 2 is 1.50 bits per heavy atom. The zero-order chi connectivity index (χ0) is 24.4. The summed E-state index contributed by atoms with van der Waals surface area (Å²) in [5, 5.41) is 11.2. The molecule has 0 aliphatic heterocycles. The van der Waals surface area contributed by atoms with Crippen molar-refractivity contribution in [2.75, 3.05) is 12.4 Å². The third-order valence-electron chi connectivity index (χ3n) is 5.78. The lowest BCUT2D eigenvalue weighted by Gasteiger charge is -2.28. The van der Waals surface area contributed by atoms with Gasteiger partial charge >= 0.3 is 5.97 Å². The van der Waals surface area contributed by atoms with Crippen LogP contribution in [0.15, 0.2) is 12.1 Å². The molecule has 0 amide bonds. The van der Waals surface area contributed by atoms with Crippen LogP contribution in [0.25, 0.3) is 0 Å². The summed E-state index contributed by atoms with van der Waals surface area (Å²) in [5.74, 6) is 1.39. The first kappa shape index (κ1) is 28.9. The fraction of sp³-hybridized carbons (Fsp3) is 0.750. The molecule has 0 heterocycles. The normalized spacial score (nSPS) is 13.2. The first-order valence-corrected chi connectivity index (χ1v) is 13.5. The summed E-state index contributed by atoms with van der Waals surface area (Å²) < 4.78 is 5.55. The van der Waals surface area contributed by atoms with E-state index in [0.29, 0.717) is 30.4 Å². The first-order chi connectivity index (χ1) is 14.9.